The van der Waals surface area contributed by atoms with Crippen LogP contribution >= 0.6 is 0 Å². The lowest BCUT2D eigenvalue weighted by Gasteiger charge is -2.36. The molecule has 2 bridgehead atoms. The molecule has 2 unspecified atom stereocenters. The molecule has 0 aromatic heterocycles. The van der Waals surface area contributed by atoms with Gasteiger partial charge in [-0.1, -0.05) is 25.5 Å². The van der Waals surface area contributed by atoms with Crippen molar-refractivity contribution >= 4 is 5.97 Å². The highest BCUT2D eigenvalue weighted by Crippen LogP contribution is 2.68. The van der Waals surface area contributed by atoms with Crippen molar-refractivity contribution in [3.05, 3.63) is 24.3 Å². The van der Waals surface area contributed by atoms with E-state index in [0.29, 0.717) is 12.5 Å². The minimum Gasteiger partial charge on any atom is -0.463 e. The van der Waals surface area contributed by atoms with Gasteiger partial charge in [-0.05, 0) is 37.5 Å². The Morgan fingerprint density at radius 2 is 2.29 bits per heavy atom. The van der Waals surface area contributed by atoms with Crippen LogP contribution in [0.15, 0.2) is 24.3 Å². The Balaban J connectivity index is 2.33. The Bertz CT molecular complexity index is 378. The van der Waals surface area contributed by atoms with Gasteiger partial charge in [0.15, 0.2) is 0 Å². The fraction of sp³-hybridized carbons (Fsp3) is 0.667. The van der Waals surface area contributed by atoms with Gasteiger partial charge in [-0.15, -0.1) is 6.58 Å². The Labute approximate surface area is 104 Å². The van der Waals surface area contributed by atoms with Crippen molar-refractivity contribution in [2.75, 3.05) is 6.61 Å². The molecule has 0 radical (unpaired) electrons. The third-order valence-electron chi connectivity index (χ3n) is 5.02. The molecule has 0 N–H and O–H groups in total. The van der Waals surface area contributed by atoms with Crippen molar-refractivity contribution in [3.63, 3.8) is 0 Å². The summed E-state index contributed by atoms with van der Waals surface area (Å²) in [5, 5.41) is 0. The average molecular weight is 234 g/mol. The second-order valence-electron chi connectivity index (χ2n) is 5.76. The summed E-state index contributed by atoms with van der Waals surface area (Å²) in [4.78, 5) is 11.6. The maximum Gasteiger partial charge on any atom is 0.330 e. The summed E-state index contributed by atoms with van der Waals surface area (Å²) in [6.45, 7) is 10.9. The van der Waals surface area contributed by atoms with Gasteiger partial charge in [-0.3, -0.25) is 0 Å². The fourth-order valence-corrected chi connectivity index (χ4v) is 3.84. The fourth-order valence-electron chi connectivity index (χ4n) is 3.84. The van der Waals surface area contributed by atoms with Gasteiger partial charge in [0.2, 0.25) is 0 Å². The first-order valence-electron chi connectivity index (χ1n) is 6.49. The highest BCUT2D eigenvalue weighted by atomic mass is 16.5. The number of hydrogen-bond acceptors (Lipinski definition) is 2. The van der Waals surface area contributed by atoms with Gasteiger partial charge in [-0.25, -0.2) is 4.79 Å². The van der Waals surface area contributed by atoms with E-state index in [0.717, 1.165) is 12.8 Å². The zero-order valence-electron chi connectivity index (χ0n) is 11.1. The van der Waals surface area contributed by atoms with Crippen LogP contribution in [0, 0.1) is 16.7 Å². The molecule has 2 saturated carbocycles. The van der Waals surface area contributed by atoms with Crippen LogP contribution in [0.25, 0.3) is 0 Å². The lowest BCUT2D eigenvalue weighted by Crippen LogP contribution is -2.29. The van der Waals surface area contributed by atoms with Crippen LogP contribution in [0.4, 0.5) is 0 Å². The molecule has 0 amide bonds. The van der Waals surface area contributed by atoms with Gasteiger partial charge < -0.3 is 4.74 Å². The lowest BCUT2D eigenvalue weighted by atomic mass is 9.67. The summed E-state index contributed by atoms with van der Waals surface area (Å²) in [7, 11) is 0. The molecule has 0 heterocycles. The van der Waals surface area contributed by atoms with Crippen LogP contribution < -0.4 is 0 Å². The maximum atomic E-state index is 11.6. The molecule has 94 valence electrons. The molecule has 0 spiro atoms. The number of hydrogen-bond donors (Lipinski definition) is 0. The quantitative estimate of drug-likeness (QED) is 0.424. The van der Waals surface area contributed by atoms with Gasteiger partial charge in [0.25, 0.3) is 0 Å². The summed E-state index contributed by atoms with van der Waals surface area (Å²) < 4.78 is 5.02. The SMILES string of the molecule is C=CC12CCC(C/C1=C\C(=O)OCC)C2(C)C. The molecule has 2 fully saturated rings. The first-order chi connectivity index (χ1) is 7.98. The topological polar surface area (TPSA) is 26.3 Å². The number of ether oxygens (including phenoxy) is 1. The number of carbonyl (C=O) groups excluding carboxylic acids is 1. The van der Waals surface area contributed by atoms with Crippen LogP contribution in [-0.2, 0) is 9.53 Å². The van der Waals surface area contributed by atoms with E-state index in [1.54, 1.807) is 6.08 Å². The Kier molecular flexibility index (Phi) is 2.92. The summed E-state index contributed by atoms with van der Waals surface area (Å²) in [5.41, 5.74) is 1.48. The Morgan fingerprint density at radius 3 is 2.82 bits per heavy atom. The highest BCUT2D eigenvalue weighted by molar-refractivity contribution is 5.83. The van der Waals surface area contributed by atoms with E-state index in [4.69, 9.17) is 4.74 Å². The van der Waals surface area contributed by atoms with Crippen molar-refractivity contribution in [1.82, 2.24) is 0 Å². The predicted molar refractivity (Wildman–Crippen MR) is 68.5 cm³/mol. The summed E-state index contributed by atoms with van der Waals surface area (Å²) in [5.74, 6) is 0.480. The molecular weight excluding hydrogens is 212 g/mol. The number of esters is 1. The standard InChI is InChI=1S/C15H22O2/c1-5-15-8-7-11(14(15,3)4)9-12(15)10-13(16)17-6-2/h5,10-11H,1,6-9H2,2-4H3/b12-10+. The molecule has 2 aliphatic carbocycles. The molecule has 0 aromatic rings. The van der Waals surface area contributed by atoms with E-state index < -0.39 is 0 Å². The van der Waals surface area contributed by atoms with E-state index in [-0.39, 0.29) is 16.8 Å². The third-order valence-corrected chi connectivity index (χ3v) is 5.02. The second kappa shape index (κ2) is 4.01. The largest absolute Gasteiger partial charge is 0.463 e. The number of allylic oxidation sites excluding steroid dienone is 2. The van der Waals surface area contributed by atoms with Crippen LogP contribution in [0.2, 0.25) is 0 Å². The predicted octanol–water partition coefficient (Wildman–Crippen LogP) is 3.49. The first-order valence-corrected chi connectivity index (χ1v) is 6.49. The van der Waals surface area contributed by atoms with Gasteiger partial charge in [-0.2, -0.15) is 0 Å². The highest BCUT2D eigenvalue weighted by Gasteiger charge is 2.59. The van der Waals surface area contributed by atoms with Gasteiger partial charge in [0, 0.05) is 11.5 Å². The molecule has 0 aliphatic heterocycles. The second-order valence-corrected chi connectivity index (χ2v) is 5.76. The number of rotatable bonds is 3. The molecule has 0 aromatic carbocycles. The van der Waals surface area contributed by atoms with E-state index >= 15 is 0 Å². The molecule has 2 heteroatoms. The van der Waals surface area contributed by atoms with Crippen LogP contribution in [0.1, 0.15) is 40.0 Å². The Hall–Kier alpha value is -1.05. The van der Waals surface area contributed by atoms with Gasteiger partial charge in [0.05, 0.1) is 6.61 Å². The molecule has 2 atom stereocenters. The minimum atomic E-state index is -0.202. The van der Waals surface area contributed by atoms with Gasteiger partial charge in [0.1, 0.15) is 0 Å². The van der Waals surface area contributed by atoms with Crippen molar-refractivity contribution in [1.29, 1.82) is 0 Å². The zero-order valence-corrected chi connectivity index (χ0v) is 11.1. The minimum absolute atomic E-state index is 0.0183. The van der Waals surface area contributed by atoms with Crippen LogP contribution in [0.5, 0.6) is 0 Å². The van der Waals surface area contributed by atoms with Crippen LogP contribution in [0.3, 0.4) is 0 Å². The normalized spacial score (nSPS) is 36.2. The van der Waals surface area contributed by atoms with Crippen molar-refractivity contribution in [2.45, 2.75) is 40.0 Å². The first kappa shape index (κ1) is 12.4. The molecule has 17 heavy (non-hydrogen) atoms. The smallest absolute Gasteiger partial charge is 0.330 e. The molecule has 2 aliphatic rings. The average Bonchev–Trinajstić information content (AvgIpc) is 2.63. The molecular formula is C15H22O2. The molecule has 2 rings (SSSR count). The van der Waals surface area contributed by atoms with E-state index in [1.807, 2.05) is 6.92 Å². The summed E-state index contributed by atoms with van der Waals surface area (Å²) in [6, 6.07) is 0. The number of fused-ring (bicyclic) bond motifs is 2. The lowest BCUT2D eigenvalue weighted by molar-refractivity contribution is -0.137. The molecule has 0 saturated heterocycles. The van der Waals surface area contributed by atoms with Crippen molar-refractivity contribution in [2.24, 2.45) is 16.7 Å². The Morgan fingerprint density at radius 1 is 1.59 bits per heavy atom. The van der Waals surface area contributed by atoms with E-state index in [9.17, 15) is 4.79 Å². The van der Waals surface area contributed by atoms with Crippen molar-refractivity contribution < 1.29 is 9.53 Å². The number of carbonyl (C=O) groups is 1. The van der Waals surface area contributed by atoms with E-state index in [1.165, 1.54) is 12.0 Å². The monoisotopic (exact) mass is 234 g/mol. The van der Waals surface area contributed by atoms with Crippen molar-refractivity contribution in [3.8, 4) is 0 Å². The summed E-state index contributed by atoms with van der Waals surface area (Å²) >= 11 is 0. The van der Waals surface area contributed by atoms with Crippen LogP contribution in [-0.4, -0.2) is 12.6 Å². The third kappa shape index (κ3) is 1.57. The zero-order chi connectivity index (χ0) is 12.7. The summed E-state index contributed by atoms with van der Waals surface area (Å²) in [6.07, 6.45) is 7.17. The van der Waals surface area contributed by atoms with E-state index in [2.05, 4.69) is 26.5 Å². The molecule has 2 nitrogen and oxygen atoms in total. The van der Waals surface area contributed by atoms with Gasteiger partial charge >= 0.3 is 5.97 Å². The maximum absolute atomic E-state index is 11.6.